The van der Waals surface area contributed by atoms with Gasteiger partial charge in [0.05, 0.1) is 23.4 Å². The number of aromatic nitrogens is 2. The SMILES string of the molecule is Cc1ccc2cc(C(=O)NC[C@](C)(O)c3cc4c(c(-c5ccc(F)cc5)n3)OC[C@]4(C)C(N)=O)cc(NC(=O)C3CC3)c2n1. The Morgan fingerprint density at radius 1 is 1.11 bits per heavy atom. The van der Waals surface area contributed by atoms with Gasteiger partial charge in [-0.05, 0) is 82.1 Å². The number of aliphatic hydroxyl groups is 1. The van der Waals surface area contributed by atoms with E-state index in [4.69, 9.17) is 10.5 Å². The topological polar surface area (TPSA) is 157 Å². The molecule has 2 aromatic heterocycles. The highest BCUT2D eigenvalue weighted by molar-refractivity contribution is 6.06. The molecule has 1 saturated carbocycles. The predicted molar refractivity (Wildman–Crippen MR) is 161 cm³/mol. The van der Waals surface area contributed by atoms with Gasteiger partial charge in [0.1, 0.15) is 34.9 Å². The normalized spacial score (nSPS) is 18.7. The van der Waals surface area contributed by atoms with Crippen molar-refractivity contribution in [1.29, 1.82) is 0 Å². The van der Waals surface area contributed by atoms with Crippen LogP contribution in [0, 0.1) is 18.7 Å². The van der Waals surface area contributed by atoms with Gasteiger partial charge >= 0.3 is 0 Å². The average Bonchev–Trinajstić information content (AvgIpc) is 3.79. The van der Waals surface area contributed by atoms with Crippen LogP contribution in [0.4, 0.5) is 10.1 Å². The molecule has 1 aliphatic heterocycles. The van der Waals surface area contributed by atoms with Crippen molar-refractivity contribution in [3.05, 3.63) is 82.9 Å². The summed E-state index contributed by atoms with van der Waals surface area (Å²) in [5.41, 5.74) is 6.32. The quantitative estimate of drug-likeness (QED) is 0.240. The number of halogens is 1. The lowest BCUT2D eigenvalue weighted by atomic mass is 9.82. The van der Waals surface area contributed by atoms with Gasteiger partial charge in [-0.25, -0.2) is 9.37 Å². The van der Waals surface area contributed by atoms with Gasteiger partial charge in [0.2, 0.25) is 11.8 Å². The van der Waals surface area contributed by atoms with E-state index in [1.54, 1.807) is 25.1 Å². The van der Waals surface area contributed by atoms with Gasteiger partial charge in [-0.3, -0.25) is 19.4 Å². The van der Waals surface area contributed by atoms with Gasteiger partial charge in [-0.15, -0.1) is 0 Å². The molecule has 0 bridgehead atoms. The Morgan fingerprint density at radius 2 is 1.84 bits per heavy atom. The van der Waals surface area contributed by atoms with Crippen molar-refractivity contribution in [2.75, 3.05) is 18.5 Å². The van der Waals surface area contributed by atoms with Crippen molar-refractivity contribution in [3.63, 3.8) is 0 Å². The molecule has 2 aromatic carbocycles. The first-order valence-electron chi connectivity index (χ1n) is 14.3. The van der Waals surface area contributed by atoms with E-state index in [0.29, 0.717) is 39.2 Å². The number of nitrogens with zero attached hydrogens (tertiary/aromatic N) is 2. The maximum Gasteiger partial charge on any atom is 0.251 e. The van der Waals surface area contributed by atoms with E-state index in [0.717, 1.165) is 18.5 Å². The Labute approximate surface area is 252 Å². The number of benzene rings is 2. The van der Waals surface area contributed by atoms with Crippen LogP contribution in [0.25, 0.3) is 22.2 Å². The number of carbonyl (C=O) groups excluding carboxylic acids is 3. The van der Waals surface area contributed by atoms with E-state index < -0.39 is 28.6 Å². The Balaban J connectivity index is 1.32. The second kappa shape index (κ2) is 10.7. The molecule has 0 spiro atoms. The third kappa shape index (κ3) is 5.35. The average molecular weight is 598 g/mol. The summed E-state index contributed by atoms with van der Waals surface area (Å²) in [6.07, 6.45) is 1.66. The van der Waals surface area contributed by atoms with Gasteiger partial charge in [0.15, 0.2) is 0 Å². The number of nitrogens with two attached hydrogens (primary N) is 1. The number of rotatable bonds is 8. The smallest absolute Gasteiger partial charge is 0.251 e. The Morgan fingerprint density at radius 3 is 2.52 bits per heavy atom. The summed E-state index contributed by atoms with van der Waals surface area (Å²) in [6.45, 7) is 4.71. The Hall–Kier alpha value is -4.90. The molecule has 226 valence electrons. The number of aryl methyl sites for hydroxylation is 1. The van der Waals surface area contributed by atoms with Crippen LogP contribution in [0.5, 0.6) is 5.75 Å². The third-order valence-electron chi connectivity index (χ3n) is 8.28. The lowest BCUT2D eigenvalue weighted by molar-refractivity contribution is -0.123. The molecule has 10 nitrogen and oxygen atoms in total. The van der Waals surface area contributed by atoms with Crippen LogP contribution in [0.2, 0.25) is 0 Å². The number of carbonyl (C=O) groups is 3. The molecule has 44 heavy (non-hydrogen) atoms. The minimum Gasteiger partial charge on any atom is -0.489 e. The summed E-state index contributed by atoms with van der Waals surface area (Å²) >= 11 is 0. The van der Waals surface area contributed by atoms with Gasteiger partial charge in [-0.2, -0.15) is 0 Å². The fourth-order valence-electron chi connectivity index (χ4n) is 5.25. The molecule has 0 saturated heterocycles. The van der Waals surface area contributed by atoms with Crippen LogP contribution in [-0.2, 0) is 20.6 Å². The van der Waals surface area contributed by atoms with Crippen LogP contribution < -0.4 is 21.1 Å². The van der Waals surface area contributed by atoms with E-state index in [1.807, 2.05) is 19.1 Å². The molecule has 1 fully saturated rings. The van der Waals surface area contributed by atoms with Crippen LogP contribution in [-0.4, -0.2) is 45.9 Å². The standard InChI is InChI=1S/C33H32FN5O5/c1-17-4-5-20-12-21(13-24(26(20)37-17)38-30(41)19-6-7-19)29(40)36-15-33(3,43)25-14-23-28(44-16-32(23,2)31(35)42)27(39-25)18-8-10-22(34)11-9-18/h4-5,8-14,19,43H,6-7,15-16H2,1-3H3,(H2,35,42)(H,36,40)(H,38,41)/t32-,33-/m0/s1. The number of pyridine rings is 2. The van der Waals surface area contributed by atoms with Crippen molar-refractivity contribution in [3.8, 4) is 17.0 Å². The second-order valence-corrected chi connectivity index (χ2v) is 12.0. The number of ether oxygens (including phenoxy) is 1. The van der Waals surface area contributed by atoms with Crippen molar-refractivity contribution in [1.82, 2.24) is 15.3 Å². The molecule has 2 atom stereocenters. The predicted octanol–water partition coefficient (Wildman–Crippen LogP) is 3.87. The summed E-state index contributed by atoms with van der Waals surface area (Å²) in [7, 11) is 0. The Bertz CT molecular complexity index is 1840. The largest absolute Gasteiger partial charge is 0.489 e. The molecule has 11 heteroatoms. The second-order valence-electron chi connectivity index (χ2n) is 12.0. The molecule has 4 aromatic rings. The molecular weight excluding hydrogens is 565 g/mol. The lowest BCUT2D eigenvalue weighted by Crippen LogP contribution is -2.41. The maximum atomic E-state index is 13.7. The highest BCUT2D eigenvalue weighted by Crippen LogP contribution is 2.45. The van der Waals surface area contributed by atoms with Gasteiger partial charge < -0.3 is 26.2 Å². The summed E-state index contributed by atoms with van der Waals surface area (Å²) in [5.74, 6) is -1.36. The zero-order valence-electron chi connectivity index (χ0n) is 24.5. The number of anilines is 1. The first-order chi connectivity index (χ1) is 20.9. The summed E-state index contributed by atoms with van der Waals surface area (Å²) in [4.78, 5) is 47.7. The zero-order chi connectivity index (χ0) is 31.4. The van der Waals surface area contributed by atoms with Crippen LogP contribution in [0.1, 0.15) is 54.0 Å². The van der Waals surface area contributed by atoms with Crippen molar-refractivity contribution in [2.24, 2.45) is 11.7 Å². The fourth-order valence-corrected chi connectivity index (χ4v) is 5.25. The molecule has 5 N–H and O–H groups in total. The van der Waals surface area contributed by atoms with Crippen LogP contribution in [0.3, 0.4) is 0 Å². The molecule has 0 radical (unpaired) electrons. The summed E-state index contributed by atoms with van der Waals surface area (Å²) in [5, 5.41) is 18.0. The number of primary amides is 1. The van der Waals surface area contributed by atoms with Crippen molar-refractivity contribution < 1.29 is 28.6 Å². The minimum absolute atomic E-state index is 0.0220. The highest BCUT2D eigenvalue weighted by atomic mass is 19.1. The minimum atomic E-state index is -1.71. The van der Waals surface area contributed by atoms with Gasteiger partial charge in [-0.1, -0.05) is 6.07 Å². The summed E-state index contributed by atoms with van der Waals surface area (Å²) < 4.78 is 19.6. The molecule has 2 aliphatic rings. The molecule has 3 amide bonds. The van der Waals surface area contributed by atoms with E-state index in [-0.39, 0.29) is 36.2 Å². The first kappa shape index (κ1) is 29.2. The molecule has 1 aliphatic carbocycles. The van der Waals surface area contributed by atoms with E-state index in [2.05, 4.69) is 20.6 Å². The van der Waals surface area contributed by atoms with Crippen molar-refractivity contribution >= 4 is 34.3 Å². The number of amides is 3. The summed E-state index contributed by atoms with van der Waals surface area (Å²) in [6, 6.07) is 14.1. The monoisotopic (exact) mass is 597 g/mol. The third-order valence-corrected chi connectivity index (χ3v) is 8.28. The lowest BCUT2D eigenvalue weighted by Gasteiger charge is -2.26. The van der Waals surface area contributed by atoms with Gasteiger partial charge in [0, 0.05) is 33.7 Å². The maximum absolute atomic E-state index is 13.7. The van der Waals surface area contributed by atoms with Crippen molar-refractivity contribution in [2.45, 2.75) is 44.6 Å². The zero-order valence-corrected chi connectivity index (χ0v) is 24.5. The van der Waals surface area contributed by atoms with Gasteiger partial charge in [0.25, 0.3) is 5.91 Å². The number of hydrogen-bond acceptors (Lipinski definition) is 7. The van der Waals surface area contributed by atoms with Crippen LogP contribution >= 0.6 is 0 Å². The molecule has 0 unspecified atom stereocenters. The molecule has 3 heterocycles. The fraction of sp³-hybridized carbons (Fsp3) is 0.303. The number of hydrogen-bond donors (Lipinski definition) is 4. The van der Waals surface area contributed by atoms with E-state index >= 15 is 0 Å². The van der Waals surface area contributed by atoms with E-state index in [9.17, 15) is 23.9 Å². The van der Waals surface area contributed by atoms with E-state index in [1.165, 1.54) is 31.2 Å². The Kier molecular flexibility index (Phi) is 7.08. The first-order valence-corrected chi connectivity index (χ1v) is 14.3. The molecule has 6 rings (SSSR count). The number of fused-ring (bicyclic) bond motifs is 2. The van der Waals surface area contributed by atoms with Crippen LogP contribution in [0.15, 0.2) is 54.6 Å². The molecular formula is C33H32FN5O5. The highest BCUT2D eigenvalue weighted by Gasteiger charge is 2.45. The number of nitrogens with one attached hydrogen (secondary N) is 2.